The van der Waals surface area contributed by atoms with Gasteiger partial charge in [-0.25, -0.2) is 19.8 Å². The van der Waals surface area contributed by atoms with Gasteiger partial charge in [-0.2, -0.15) is 23.0 Å². The minimum atomic E-state index is -4.72. The van der Waals surface area contributed by atoms with Gasteiger partial charge in [0.05, 0.1) is 19.2 Å². The topological polar surface area (TPSA) is 81.2 Å². The summed E-state index contributed by atoms with van der Waals surface area (Å²) in [5.74, 6) is 2.00. The molecule has 0 N–H and O–H groups in total. The van der Waals surface area contributed by atoms with E-state index < -0.39 is 23.7 Å². The van der Waals surface area contributed by atoms with Crippen LogP contribution in [0, 0.1) is 18.9 Å². The van der Waals surface area contributed by atoms with E-state index in [0.29, 0.717) is 12.1 Å². The molecular weight excluding hydrogens is 411 g/mol. The Hall–Kier alpha value is -4.25. The summed E-state index contributed by atoms with van der Waals surface area (Å²) in [4.78, 5) is 29.6. The Morgan fingerprint density at radius 1 is 1.29 bits per heavy atom. The molecule has 11 heteroatoms. The molecule has 0 saturated carbocycles. The molecule has 0 aliphatic rings. The predicted molar refractivity (Wildman–Crippen MR) is 103 cm³/mol. The number of hydrogen-bond donors (Lipinski definition) is 0. The Labute approximate surface area is 175 Å². The Balaban J connectivity index is 2.03. The second-order valence-corrected chi connectivity index (χ2v) is 6.27. The Kier molecular flexibility index (Phi) is 5.97. The lowest BCUT2D eigenvalue weighted by Crippen LogP contribution is -2.35. The molecular formula is C20H14F3N7O. The van der Waals surface area contributed by atoms with Crippen molar-refractivity contribution in [2.45, 2.75) is 19.1 Å². The molecule has 2 aromatic heterocycles. The molecule has 0 aliphatic heterocycles. The van der Waals surface area contributed by atoms with Crippen LogP contribution < -0.4 is 0 Å². The van der Waals surface area contributed by atoms with E-state index in [0.717, 1.165) is 11.0 Å². The van der Waals surface area contributed by atoms with Crippen LogP contribution in [-0.4, -0.2) is 42.1 Å². The van der Waals surface area contributed by atoms with Crippen LogP contribution in [0.3, 0.4) is 0 Å². The number of nitrogens with zero attached hydrogens (tertiary/aromatic N) is 7. The van der Waals surface area contributed by atoms with Gasteiger partial charge in [0.2, 0.25) is 0 Å². The number of halogens is 3. The number of aromatic nitrogens is 5. The highest BCUT2D eigenvalue weighted by Crippen LogP contribution is 2.33. The molecule has 0 spiro atoms. The van der Waals surface area contributed by atoms with Crippen LogP contribution in [0.5, 0.6) is 0 Å². The van der Waals surface area contributed by atoms with Gasteiger partial charge in [0, 0.05) is 23.5 Å². The predicted octanol–water partition coefficient (Wildman–Crippen LogP) is 3.46. The van der Waals surface area contributed by atoms with Crippen molar-refractivity contribution in [2.24, 2.45) is 0 Å². The van der Waals surface area contributed by atoms with E-state index >= 15 is 0 Å². The summed E-state index contributed by atoms with van der Waals surface area (Å²) in [5, 5.41) is 4.06. The zero-order chi connectivity index (χ0) is 22.6. The molecule has 0 bridgehead atoms. The number of carbonyl (C=O) groups excluding carboxylic acids is 1. The normalized spacial score (nSPS) is 11.9. The van der Waals surface area contributed by atoms with Gasteiger partial charge in [-0.1, -0.05) is 5.92 Å². The molecule has 1 unspecified atom stereocenters. The van der Waals surface area contributed by atoms with Crippen LogP contribution in [0.25, 0.3) is 10.8 Å². The third-order valence-electron chi connectivity index (χ3n) is 4.30. The molecule has 1 amide bonds. The van der Waals surface area contributed by atoms with Crippen molar-refractivity contribution in [1.29, 1.82) is 0 Å². The van der Waals surface area contributed by atoms with Crippen molar-refractivity contribution in [2.75, 3.05) is 6.54 Å². The van der Waals surface area contributed by atoms with Gasteiger partial charge < -0.3 is 4.90 Å². The molecule has 31 heavy (non-hydrogen) atoms. The van der Waals surface area contributed by atoms with Crippen molar-refractivity contribution in [3.8, 4) is 18.3 Å². The molecule has 156 valence electrons. The summed E-state index contributed by atoms with van der Waals surface area (Å²) in [6.07, 6.45) is 4.91. The Bertz CT molecular complexity index is 1180. The number of hydrogen-bond acceptors (Lipinski definition) is 5. The van der Waals surface area contributed by atoms with E-state index in [2.05, 4.69) is 30.8 Å². The highest BCUT2D eigenvalue weighted by Gasteiger charge is 2.33. The zero-order valence-electron chi connectivity index (χ0n) is 16.1. The second kappa shape index (κ2) is 8.63. The maximum absolute atomic E-state index is 13.2. The van der Waals surface area contributed by atoms with E-state index in [1.807, 2.05) is 0 Å². The minimum Gasteiger partial charge on any atom is -0.318 e. The van der Waals surface area contributed by atoms with Gasteiger partial charge in [0.1, 0.15) is 6.33 Å². The van der Waals surface area contributed by atoms with Crippen LogP contribution in [0.2, 0.25) is 0 Å². The van der Waals surface area contributed by atoms with Crippen LogP contribution >= 0.6 is 0 Å². The first-order chi connectivity index (χ1) is 14.8. The van der Waals surface area contributed by atoms with Gasteiger partial charge in [0.25, 0.3) is 11.9 Å². The number of alkyl halides is 3. The molecule has 3 rings (SSSR count). The van der Waals surface area contributed by atoms with Crippen LogP contribution in [-0.2, 0) is 6.18 Å². The van der Waals surface area contributed by atoms with Crippen molar-refractivity contribution >= 4 is 11.6 Å². The Morgan fingerprint density at radius 2 is 2.00 bits per heavy atom. The van der Waals surface area contributed by atoms with Gasteiger partial charge in [-0.15, -0.1) is 6.42 Å². The first kappa shape index (κ1) is 21.5. The highest BCUT2D eigenvalue weighted by molar-refractivity contribution is 5.96. The lowest BCUT2D eigenvalue weighted by molar-refractivity contribution is -0.137. The molecule has 3 aromatic rings. The van der Waals surface area contributed by atoms with Crippen molar-refractivity contribution < 1.29 is 18.0 Å². The summed E-state index contributed by atoms with van der Waals surface area (Å²) < 4.78 is 41.0. The summed E-state index contributed by atoms with van der Waals surface area (Å²) in [5.41, 5.74) is -1.73. The molecule has 0 aliphatic carbocycles. The standard InChI is InChI=1S/C20H14F3N7O/c1-4-8-29(13(2)17-27-12-28-30(17)19-25-6-5-7-26-19)18(31)14-9-15(20(21,22)23)11-16(10-14)24-3/h1,5-7,9-13H,8H2,2H3. The van der Waals surface area contributed by atoms with Gasteiger partial charge in [-0.3, -0.25) is 4.79 Å². The van der Waals surface area contributed by atoms with Crippen LogP contribution in [0.15, 0.2) is 43.0 Å². The molecule has 1 atom stereocenters. The molecule has 1 aromatic carbocycles. The smallest absolute Gasteiger partial charge is 0.318 e. The third-order valence-corrected chi connectivity index (χ3v) is 4.30. The summed E-state index contributed by atoms with van der Waals surface area (Å²) in [7, 11) is 0. The van der Waals surface area contributed by atoms with Crippen molar-refractivity contribution in [3.63, 3.8) is 0 Å². The summed E-state index contributed by atoms with van der Waals surface area (Å²) in [6, 6.07) is 3.28. The Morgan fingerprint density at radius 3 is 2.61 bits per heavy atom. The van der Waals surface area contributed by atoms with E-state index in [1.165, 1.54) is 23.4 Å². The van der Waals surface area contributed by atoms with Crippen molar-refractivity contribution in [1.82, 2.24) is 29.6 Å². The van der Waals surface area contributed by atoms with Crippen LogP contribution in [0.1, 0.15) is 34.7 Å². The van der Waals surface area contributed by atoms with Gasteiger partial charge in [-0.05, 0) is 31.2 Å². The van der Waals surface area contributed by atoms with Crippen molar-refractivity contribution in [3.05, 3.63) is 71.4 Å². The first-order valence-electron chi connectivity index (χ1n) is 8.77. The lowest BCUT2D eigenvalue weighted by atomic mass is 10.1. The zero-order valence-corrected chi connectivity index (χ0v) is 16.1. The molecule has 0 radical (unpaired) electrons. The average Bonchev–Trinajstić information content (AvgIpc) is 3.26. The summed E-state index contributed by atoms with van der Waals surface area (Å²) in [6.45, 7) is 8.44. The number of amides is 1. The largest absolute Gasteiger partial charge is 0.415 e. The van der Waals surface area contributed by atoms with Gasteiger partial charge in [0.15, 0.2) is 11.5 Å². The maximum atomic E-state index is 13.2. The quantitative estimate of drug-likeness (QED) is 0.462. The second-order valence-electron chi connectivity index (χ2n) is 6.27. The fourth-order valence-corrected chi connectivity index (χ4v) is 2.84. The monoisotopic (exact) mass is 425 g/mol. The fraction of sp³-hybridized carbons (Fsp3) is 0.200. The van der Waals surface area contributed by atoms with Crippen LogP contribution in [0.4, 0.5) is 18.9 Å². The fourth-order valence-electron chi connectivity index (χ4n) is 2.84. The average molecular weight is 425 g/mol. The number of terminal acetylenes is 1. The third kappa shape index (κ3) is 4.51. The maximum Gasteiger partial charge on any atom is 0.415 e. The molecule has 2 heterocycles. The molecule has 8 nitrogen and oxygen atoms in total. The first-order valence-corrected chi connectivity index (χ1v) is 8.77. The van der Waals surface area contributed by atoms with Gasteiger partial charge >= 0.3 is 6.18 Å². The molecule has 0 saturated heterocycles. The van der Waals surface area contributed by atoms with E-state index in [9.17, 15) is 18.0 Å². The molecule has 0 fully saturated rings. The van der Waals surface area contributed by atoms with E-state index in [-0.39, 0.29) is 29.6 Å². The number of rotatable bonds is 5. The highest BCUT2D eigenvalue weighted by atomic mass is 19.4. The minimum absolute atomic E-state index is 0.198. The van der Waals surface area contributed by atoms with E-state index in [1.54, 1.807) is 13.0 Å². The van der Waals surface area contributed by atoms with E-state index in [4.69, 9.17) is 13.0 Å². The number of carbonyl (C=O) groups is 1. The number of benzene rings is 1. The summed E-state index contributed by atoms with van der Waals surface area (Å²) >= 11 is 0. The SMILES string of the molecule is [C-]#[N+]c1cc(C(=O)N(CC#C)C(C)c2ncnn2-c2ncccn2)cc(C(F)(F)F)c1. The lowest BCUT2D eigenvalue weighted by Gasteiger charge is -2.27.